The maximum Gasteiger partial charge on any atom is 0.247 e. The topological polar surface area (TPSA) is 86.8 Å². The number of fused-ring (bicyclic) bond motifs is 5. The highest BCUT2D eigenvalue weighted by atomic mass is 28.3. The molecule has 2 bridgehead atoms. The van der Waals surface area contributed by atoms with E-state index in [9.17, 15) is 8.78 Å². The monoisotopic (exact) mass is 575 g/mol. The van der Waals surface area contributed by atoms with Crippen LogP contribution in [0.15, 0.2) is 47.3 Å². The van der Waals surface area contributed by atoms with Crippen LogP contribution in [0.25, 0.3) is 22.8 Å². The normalized spacial score (nSPS) is 21.9. The van der Waals surface area contributed by atoms with E-state index in [0.717, 1.165) is 35.5 Å². The maximum absolute atomic E-state index is 14.6. The Labute approximate surface area is 240 Å². The minimum absolute atomic E-state index is 0.130. The van der Waals surface area contributed by atoms with Gasteiger partial charge < -0.3 is 8.84 Å². The Kier molecular flexibility index (Phi) is 6.50. The Hall–Kier alpha value is -3.37. The molecular formula is C31H35F2N5O2Si. The molecule has 3 aromatic heterocycles. The highest BCUT2D eigenvalue weighted by molar-refractivity contribution is 6.48. The van der Waals surface area contributed by atoms with Crippen molar-refractivity contribution in [3.05, 3.63) is 77.2 Å². The van der Waals surface area contributed by atoms with Crippen LogP contribution in [0.4, 0.5) is 8.78 Å². The molecular weight excluding hydrogens is 540 g/mol. The lowest BCUT2D eigenvalue weighted by atomic mass is 9.66. The molecule has 2 aliphatic carbocycles. The smallest absolute Gasteiger partial charge is 0.247 e. The Bertz CT molecular complexity index is 1610. The first kappa shape index (κ1) is 27.8. The second-order valence-electron chi connectivity index (χ2n) is 13.1. The van der Waals surface area contributed by atoms with Crippen LogP contribution < -0.4 is 0 Å². The SMILES string of the molecule is C[SiH](C)OC(c1coc(-c2cncc([C@@]34CC[C@@H](c5cc(-c6c(F)cccc6F)nnc53)C4(C)C)n2)n1)C(C)(C)C. The van der Waals surface area contributed by atoms with Gasteiger partial charge in [-0.25, -0.2) is 18.7 Å². The number of rotatable bonds is 6. The first-order chi connectivity index (χ1) is 19.3. The van der Waals surface area contributed by atoms with Crippen molar-refractivity contribution in [2.24, 2.45) is 10.8 Å². The van der Waals surface area contributed by atoms with Gasteiger partial charge >= 0.3 is 0 Å². The molecule has 3 atom stereocenters. The highest BCUT2D eigenvalue weighted by Crippen LogP contribution is 2.69. The second kappa shape index (κ2) is 9.59. The van der Waals surface area contributed by atoms with Crippen LogP contribution in [-0.4, -0.2) is 34.2 Å². The molecule has 1 unspecified atom stereocenters. The number of hydrogen-bond donors (Lipinski definition) is 0. The summed E-state index contributed by atoms with van der Waals surface area (Å²) < 4.78 is 41.5. The van der Waals surface area contributed by atoms with E-state index in [4.69, 9.17) is 18.8 Å². The van der Waals surface area contributed by atoms with Gasteiger partial charge in [-0.2, -0.15) is 5.10 Å². The first-order valence-corrected chi connectivity index (χ1v) is 16.9. The summed E-state index contributed by atoms with van der Waals surface area (Å²) in [6, 6.07) is 5.63. The van der Waals surface area contributed by atoms with Gasteiger partial charge in [-0.3, -0.25) is 4.98 Å². The molecule has 214 valence electrons. The third-order valence-corrected chi connectivity index (χ3v) is 9.69. The molecule has 4 aromatic rings. The zero-order chi connectivity index (χ0) is 29.3. The maximum atomic E-state index is 14.6. The van der Waals surface area contributed by atoms with Gasteiger partial charge in [-0.05, 0) is 66.4 Å². The fourth-order valence-corrected chi connectivity index (χ4v) is 8.04. The van der Waals surface area contributed by atoms with Crippen LogP contribution in [-0.2, 0) is 9.84 Å². The summed E-state index contributed by atoms with van der Waals surface area (Å²) in [6.07, 6.45) is 6.61. The van der Waals surface area contributed by atoms with Crippen LogP contribution in [0.2, 0.25) is 13.1 Å². The Morgan fingerprint density at radius 2 is 1.78 bits per heavy atom. The lowest BCUT2D eigenvalue weighted by Gasteiger charge is -2.37. The van der Waals surface area contributed by atoms with Gasteiger partial charge in [0.25, 0.3) is 0 Å². The molecule has 1 aromatic carbocycles. The van der Waals surface area contributed by atoms with E-state index in [-0.39, 0.29) is 34.1 Å². The third-order valence-electron chi connectivity index (χ3n) is 8.88. The average molecular weight is 576 g/mol. The third kappa shape index (κ3) is 4.25. The molecule has 7 nitrogen and oxygen atoms in total. The highest BCUT2D eigenvalue weighted by Gasteiger charge is 2.65. The quantitative estimate of drug-likeness (QED) is 0.226. The fourth-order valence-electron chi connectivity index (χ4n) is 6.95. The Morgan fingerprint density at radius 3 is 2.46 bits per heavy atom. The molecule has 0 N–H and O–H groups in total. The first-order valence-electron chi connectivity index (χ1n) is 14.1. The fraction of sp³-hybridized carbons (Fsp3) is 0.452. The van der Waals surface area contributed by atoms with Crippen molar-refractivity contribution in [1.29, 1.82) is 0 Å². The zero-order valence-electron chi connectivity index (χ0n) is 24.5. The lowest BCUT2D eigenvalue weighted by Crippen LogP contribution is -2.38. The van der Waals surface area contributed by atoms with Crippen LogP contribution in [0.5, 0.6) is 0 Å². The molecule has 10 heteroatoms. The van der Waals surface area contributed by atoms with Gasteiger partial charge in [0, 0.05) is 6.20 Å². The van der Waals surface area contributed by atoms with Gasteiger partial charge in [0.05, 0.1) is 40.4 Å². The van der Waals surface area contributed by atoms with E-state index in [1.807, 2.05) is 0 Å². The Balaban J connectivity index is 1.42. The molecule has 41 heavy (non-hydrogen) atoms. The molecule has 6 rings (SSSR count). The van der Waals surface area contributed by atoms with E-state index >= 15 is 0 Å². The van der Waals surface area contributed by atoms with Crippen molar-refractivity contribution < 1.29 is 17.6 Å². The van der Waals surface area contributed by atoms with Crippen LogP contribution in [0, 0.1) is 22.5 Å². The summed E-state index contributed by atoms with van der Waals surface area (Å²) in [6.45, 7) is 15.1. The van der Waals surface area contributed by atoms with E-state index in [1.165, 1.54) is 18.2 Å². The number of oxazole rings is 1. The molecule has 0 radical (unpaired) electrons. The summed E-state index contributed by atoms with van der Waals surface area (Å²) in [5.41, 5.74) is 2.83. The summed E-state index contributed by atoms with van der Waals surface area (Å²) in [7, 11) is -1.34. The van der Waals surface area contributed by atoms with Crippen molar-refractivity contribution in [3.63, 3.8) is 0 Å². The molecule has 0 amide bonds. The second-order valence-corrected chi connectivity index (χ2v) is 15.5. The van der Waals surface area contributed by atoms with Crippen LogP contribution >= 0.6 is 0 Å². The minimum atomic E-state index is -1.34. The number of halogens is 2. The summed E-state index contributed by atoms with van der Waals surface area (Å²) in [4.78, 5) is 14.4. The van der Waals surface area contributed by atoms with E-state index < -0.39 is 26.1 Å². The van der Waals surface area contributed by atoms with E-state index in [1.54, 1.807) is 24.7 Å². The van der Waals surface area contributed by atoms with Crippen molar-refractivity contribution in [1.82, 2.24) is 25.1 Å². The molecule has 0 aliphatic heterocycles. The molecule has 3 heterocycles. The van der Waals surface area contributed by atoms with Crippen molar-refractivity contribution in [2.75, 3.05) is 0 Å². The van der Waals surface area contributed by atoms with Gasteiger partial charge in [0.15, 0.2) is 9.04 Å². The summed E-state index contributed by atoms with van der Waals surface area (Å²) in [5.74, 6) is -0.800. The van der Waals surface area contributed by atoms with Crippen molar-refractivity contribution in [2.45, 2.75) is 78.0 Å². The van der Waals surface area contributed by atoms with Crippen molar-refractivity contribution in [3.8, 4) is 22.8 Å². The van der Waals surface area contributed by atoms with Crippen LogP contribution in [0.1, 0.15) is 82.1 Å². The summed E-state index contributed by atoms with van der Waals surface area (Å²) >= 11 is 0. The predicted molar refractivity (Wildman–Crippen MR) is 154 cm³/mol. The Morgan fingerprint density at radius 1 is 1.05 bits per heavy atom. The molecule has 0 saturated heterocycles. The average Bonchev–Trinajstić information content (AvgIpc) is 3.55. The number of nitrogens with zero attached hydrogens (tertiary/aromatic N) is 5. The number of hydrogen-bond acceptors (Lipinski definition) is 7. The van der Waals surface area contributed by atoms with E-state index in [2.05, 4.69) is 62.9 Å². The molecule has 1 fully saturated rings. The number of aromatic nitrogens is 5. The van der Waals surface area contributed by atoms with Gasteiger partial charge in [0.2, 0.25) is 5.89 Å². The van der Waals surface area contributed by atoms with Gasteiger partial charge in [-0.1, -0.05) is 40.7 Å². The summed E-state index contributed by atoms with van der Waals surface area (Å²) in [5, 5.41) is 8.95. The van der Waals surface area contributed by atoms with E-state index in [0.29, 0.717) is 11.6 Å². The largest absolute Gasteiger partial charge is 0.443 e. The lowest BCUT2D eigenvalue weighted by molar-refractivity contribution is 0.0826. The molecule has 0 spiro atoms. The standard InChI is InChI=1S/C31H35F2N5O2Si/c1-29(2,3)27(40-41(6)7)23-16-39-28(36-23)22-14-34-15-24(35-22)31-12-11-18(30(31,4)5)17-13-21(37-38-26(17)31)25-19(32)9-8-10-20(25)33/h8-10,13-16,18,27,41H,11-12H2,1-7H3/t18-,27?,31-/m0/s1. The minimum Gasteiger partial charge on any atom is -0.443 e. The van der Waals surface area contributed by atoms with Crippen molar-refractivity contribution >= 4 is 9.04 Å². The predicted octanol–water partition coefficient (Wildman–Crippen LogP) is 7.16. The molecule has 2 aliphatic rings. The van der Waals surface area contributed by atoms with Gasteiger partial charge in [-0.15, -0.1) is 5.10 Å². The number of benzene rings is 1. The van der Waals surface area contributed by atoms with Gasteiger partial charge in [0.1, 0.15) is 29.3 Å². The van der Waals surface area contributed by atoms with Crippen LogP contribution in [0.3, 0.4) is 0 Å². The molecule has 1 saturated carbocycles. The zero-order valence-corrected chi connectivity index (χ0v) is 25.7.